The first-order valence-corrected chi connectivity index (χ1v) is 8.55. The second-order valence-electron chi connectivity index (χ2n) is 6.53. The standard InChI is InChI=1S/C21H18F3N3O/c1-12-8-9-25-18(10-12)17-11-15(5-4-13(17)2)27-20(28)16-6-7-19(21(22,23)24)26-14(16)3/h4-11H,1-3H3,(H,27,28). The first-order chi connectivity index (χ1) is 13.1. The minimum atomic E-state index is -4.55. The van der Waals surface area contributed by atoms with Crippen LogP contribution in [-0.2, 0) is 6.18 Å². The molecule has 3 rings (SSSR count). The van der Waals surface area contributed by atoms with Gasteiger partial charge in [0, 0.05) is 17.4 Å². The smallest absolute Gasteiger partial charge is 0.322 e. The van der Waals surface area contributed by atoms with Crippen LogP contribution in [0, 0.1) is 20.8 Å². The van der Waals surface area contributed by atoms with Gasteiger partial charge in [0.05, 0.1) is 17.0 Å². The number of halogens is 3. The molecule has 1 aromatic carbocycles. The summed E-state index contributed by atoms with van der Waals surface area (Å²) in [5, 5.41) is 2.72. The van der Waals surface area contributed by atoms with Crippen LogP contribution in [0.4, 0.5) is 18.9 Å². The Morgan fingerprint density at radius 2 is 1.75 bits per heavy atom. The Kier molecular flexibility index (Phi) is 5.18. The van der Waals surface area contributed by atoms with E-state index < -0.39 is 17.8 Å². The molecule has 4 nitrogen and oxygen atoms in total. The number of amides is 1. The number of aryl methyl sites for hydroxylation is 3. The predicted octanol–water partition coefficient (Wildman–Crippen LogP) is 5.34. The van der Waals surface area contributed by atoms with Gasteiger partial charge in [0.15, 0.2) is 0 Å². The number of alkyl halides is 3. The summed E-state index contributed by atoms with van der Waals surface area (Å²) < 4.78 is 38.3. The largest absolute Gasteiger partial charge is 0.433 e. The lowest BCUT2D eigenvalue weighted by Crippen LogP contribution is -2.16. The highest BCUT2D eigenvalue weighted by molar-refractivity contribution is 6.05. The van der Waals surface area contributed by atoms with Crippen LogP contribution in [-0.4, -0.2) is 15.9 Å². The van der Waals surface area contributed by atoms with Gasteiger partial charge in [-0.05, 0) is 68.3 Å². The lowest BCUT2D eigenvalue weighted by atomic mass is 10.0. The van der Waals surface area contributed by atoms with Gasteiger partial charge in [0.1, 0.15) is 5.69 Å². The fourth-order valence-corrected chi connectivity index (χ4v) is 2.82. The molecule has 1 amide bonds. The molecule has 2 heterocycles. The molecule has 0 atom stereocenters. The van der Waals surface area contributed by atoms with Crippen LogP contribution in [0.15, 0.2) is 48.7 Å². The van der Waals surface area contributed by atoms with Crippen molar-refractivity contribution in [3.8, 4) is 11.3 Å². The molecular formula is C21H18F3N3O. The topological polar surface area (TPSA) is 54.9 Å². The maximum absolute atomic E-state index is 12.8. The van der Waals surface area contributed by atoms with Crippen LogP contribution in [0.2, 0.25) is 0 Å². The molecule has 0 aliphatic carbocycles. The highest BCUT2D eigenvalue weighted by Crippen LogP contribution is 2.29. The van der Waals surface area contributed by atoms with Gasteiger partial charge in [0.25, 0.3) is 5.91 Å². The lowest BCUT2D eigenvalue weighted by Gasteiger charge is -2.12. The summed E-state index contributed by atoms with van der Waals surface area (Å²) in [6, 6.07) is 11.2. The molecule has 144 valence electrons. The van der Waals surface area contributed by atoms with Gasteiger partial charge in [-0.25, -0.2) is 4.98 Å². The molecule has 28 heavy (non-hydrogen) atoms. The number of hydrogen-bond acceptors (Lipinski definition) is 3. The molecule has 7 heteroatoms. The summed E-state index contributed by atoms with van der Waals surface area (Å²) in [4.78, 5) is 20.4. The van der Waals surface area contributed by atoms with E-state index in [4.69, 9.17) is 0 Å². The molecule has 0 saturated heterocycles. The fourth-order valence-electron chi connectivity index (χ4n) is 2.82. The SMILES string of the molecule is Cc1ccnc(-c2cc(NC(=O)c3ccc(C(F)(F)F)nc3C)ccc2C)c1. The van der Waals surface area contributed by atoms with Crippen molar-refractivity contribution < 1.29 is 18.0 Å². The van der Waals surface area contributed by atoms with Crippen LogP contribution in [0.5, 0.6) is 0 Å². The first kappa shape index (κ1) is 19.5. The van der Waals surface area contributed by atoms with Crippen LogP contribution in [0.1, 0.15) is 32.9 Å². The minimum Gasteiger partial charge on any atom is -0.322 e. The van der Waals surface area contributed by atoms with E-state index in [-0.39, 0.29) is 11.3 Å². The highest BCUT2D eigenvalue weighted by Gasteiger charge is 2.33. The summed E-state index contributed by atoms with van der Waals surface area (Å²) in [6.07, 6.45) is -2.83. The molecule has 0 aliphatic heterocycles. The molecule has 0 unspecified atom stereocenters. The van der Waals surface area contributed by atoms with Gasteiger partial charge in [-0.1, -0.05) is 6.07 Å². The molecule has 0 spiro atoms. The maximum Gasteiger partial charge on any atom is 0.433 e. The van der Waals surface area contributed by atoms with E-state index in [1.807, 2.05) is 32.0 Å². The van der Waals surface area contributed by atoms with Gasteiger partial charge >= 0.3 is 6.18 Å². The number of nitrogens with zero attached hydrogens (tertiary/aromatic N) is 2. The second-order valence-corrected chi connectivity index (χ2v) is 6.53. The lowest BCUT2D eigenvalue weighted by molar-refractivity contribution is -0.141. The summed E-state index contributed by atoms with van der Waals surface area (Å²) in [5.74, 6) is -0.522. The van der Waals surface area contributed by atoms with Crippen LogP contribution in [0.25, 0.3) is 11.3 Å². The fraction of sp³-hybridized carbons (Fsp3) is 0.190. The zero-order valence-corrected chi connectivity index (χ0v) is 15.6. The average Bonchev–Trinajstić information content (AvgIpc) is 2.62. The van der Waals surface area contributed by atoms with Crippen molar-refractivity contribution in [1.29, 1.82) is 0 Å². The summed E-state index contributed by atoms with van der Waals surface area (Å²) >= 11 is 0. The maximum atomic E-state index is 12.8. The van der Waals surface area contributed by atoms with Crippen molar-refractivity contribution in [2.75, 3.05) is 5.32 Å². The third-order valence-corrected chi connectivity index (χ3v) is 4.31. The highest BCUT2D eigenvalue weighted by atomic mass is 19.4. The summed E-state index contributed by atoms with van der Waals surface area (Å²) in [6.45, 7) is 5.28. The van der Waals surface area contributed by atoms with E-state index in [1.54, 1.807) is 18.3 Å². The average molecular weight is 385 g/mol. The van der Waals surface area contributed by atoms with Crippen LogP contribution >= 0.6 is 0 Å². The van der Waals surface area contributed by atoms with Gasteiger partial charge in [0.2, 0.25) is 0 Å². The van der Waals surface area contributed by atoms with E-state index in [0.29, 0.717) is 5.69 Å². The number of nitrogens with one attached hydrogen (secondary N) is 1. The van der Waals surface area contributed by atoms with Crippen molar-refractivity contribution in [2.45, 2.75) is 26.9 Å². The zero-order chi connectivity index (χ0) is 20.5. The van der Waals surface area contributed by atoms with E-state index in [9.17, 15) is 18.0 Å². The van der Waals surface area contributed by atoms with Crippen LogP contribution in [0.3, 0.4) is 0 Å². The Balaban J connectivity index is 1.88. The van der Waals surface area contributed by atoms with E-state index in [0.717, 1.165) is 34.5 Å². The molecule has 0 radical (unpaired) electrons. The number of pyridine rings is 2. The Hall–Kier alpha value is -3.22. The van der Waals surface area contributed by atoms with Crippen molar-refractivity contribution >= 4 is 11.6 Å². The monoisotopic (exact) mass is 385 g/mol. The normalized spacial score (nSPS) is 11.4. The third-order valence-electron chi connectivity index (χ3n) is 4.31. The Morgan fingerprint density at radius 1 is 1.00 bits per heavy atom. The number of anilines is 1. The van der Waals surface area contributed by atoms with Crippen molar-refractivity contribution in [1.82, 2.24) is 9.97 Å². The Bertz CT molecular complexity index is 1050. The first-order valence-electron chi connectivity index (χ1n) is 8.55. The quantitative estimate of drug-likeness (QED) is 0.662. The number of rotatable bonds is 3. The van der Waals surface area contributed by atoms with Crippen LogP contribution < -0.4 is 5.32 Å². The number of aromatic nitrogens is 2. The van der Waals surface area contributed by atoms with E-state index >= 15 is 0 Å². The van der Waals surface area contributed by atoms with E-state index in [2.05, 4.69) is 15.3 Å². The Labute approximate surface area is 160 Å². The van der Waals surface area contributed by atoms with Gasteiger partial charge < -0.3 is 5.32 Å². The Morgan fingerprint density at radius 3 is 2.39 bits per heavy atom. The van der Waals surface area contributed by atoms with Gasteiger partial charge in [-0.15, -0.1) is 0 Å². The van der Waals surface area contributed by atoms with Crippen molar-refractivity contribution in [3.63, 3.8) is 0 Å². The second kappa shape index (κ2) is 7.42. The molecule has 0 aliphatic rings. The number of benzene rings is 1. The summed E-state index contributed by atoms with van der Waals surface area (Å²) in [5.41, 5.74) is 3.29. The molecular weight excluding hydrogens is 367 g/mol. The number of carbonyl (C=O) groups is 1. The molecule has 1 N–H and O–H groups in total. The minimum absolute atomic E-state index is 0.0139. The number of hydrogen-bond donors (Lipinski definition) is 1. The predicted molar refractivity (Wildman–Crippen MR) is 101 cm³/mol. The van der Waals surface area contributed by atoms with E-state index in [1.165, 1.54) is 6.92 Å². The van der Waals surface area contributed by atoms with Crippen molar-refractivity contribution in [3.05, 3.63) is 76.7 Å². The van der Waals surface area contributed by atoms with Crippen molar-refractivity contribution in [2.24, 2.45) is 0 Å². The molecule has 0 bridgehead atoms. The molecule has 0 fully saturated rings. The molecule has 3 aromatic rings. The van der Waals surface area contributed by atoms with Gasteiger partial charge in [-0.2, -0.15) is 13.2 Å². The third kappa shape index (κ3) is 4.19. The number of carbonyl (C=O) groups excluding carboxylic acids is 1. The zero-order valence-electron chi connectivity index (χ0n) is 15.6. The summed E-state index contributed by atoms with van der Waals surface area (Å²) in [7, 11) is 0. The molecule has 2 aromatic heterocycles. The molecule has 0 saturated carbocycles. The van der Waals surface area contributed by atoms with Gasteiger partial charge in [-0.3, -0.25) is 9.78 Å².